The van der Waals surface area contributed by atoms with E-state index in [2.05, 4.69) is 58.6 Å². The van der Waals surface area contributed by atoms with E-state index in [9.17, 15) is 78.0 Å². The third-order valence-electron chi connectivity index (χ3n) is 13.1. The summed E-state index contributed by atoms with van der Waals surface area (Å²) in [5, 5.41) is 62.7. The predicted octanol–water partition coefficient (Wildman–Crippen LogP) is -9.66. The molecule has 0 aromatic carbocycles. The number of carboxylic acid groups (broad SMARTS) is 1. The Bertz CT molecular complexity index is 2140. The van der Waals surface area contributed by atoms with E-state index in [1.807, 2.05) is 0 Å². The number of carbonyl (C=O) groups excluding carboxylic acids is 11. The van der Waals surface area contributed by atoms with Gasteiger partial charge in [-0.05, 0) is 70.6 Å². The summed E-state index contributed by atoms with van der Waals surface area (Å²) < 4.78 is 0. The molecule has 0 unspecified atom stereocenters. The highest BCUT2D eigenvalue weighted by atomic mass is 16.4. The number of nitrogens with one attached hydrogen (secondary N) is 10. The van der Waals surface area contributed by atoms with Gasteiger partial charge in [-0.2, -0.15) is 0 Å². The van der Waals surface area contributed by atoms with Crippen LogP contribution in [0.1, 0.15) is 113 Å². The van der Waals surface area contributed by atoms with E-state index >= 15 is 0 Å². The van der Waals surface area contributed by atoms with Gasteiger partial charge in [0.1, 0.15) is 54.4 Å². The first kappa shape index (κ1) is 69.8. The minimum atomic E-state index is -1.79. The molecule has 0 aromatic rings. The van der Waals surface area contributed by atoms with Crippen LogP contribution in [0.4, 0.5) is 0 Å². The first-order valence-electron chi connectivity index (χ1n) is 26.4. The number of unbranched alkanes of at least 4 members (excludes halogenated alkanes) is 1. The number of carbonyl (C=O) groups is 12. The molecule has 0 aromatic heterocycles. The molecular formula is C48H87N15O16+2. The molecule has 31 heteroatoms. The molecule has 1 aliphatic rings. The van der Waals surface area contributed by atoms with Gasteiger partial charge in [-0.3, -0.25) is 69.2 Å². The number of primary amides is 1. The maximum Gasteiger partial charge on any atom is 0.338 e. The second-order valence-corrected chi connectivity index (χ2v) is 19.7. The highest BCUT2D eigenvalue weighted by Crippen LogP contribution is 2.21. The van der Waals surface area contributed by atoms with E-state index in [1.165, 1.54) is 13.8 Å². The largest absolute Gasteiger partial charge is 0.480 e. The van der Waals surface area contributed by atoms with Gasteiger partial charge in [0.15, 0.2) is 6.04 Å². The number of aliphatic carboxylic acids is 1. The number of hydrogen-bond donors (Lipinski definition) is 18. The van der Waals surface area contributed by atoms with Gasteiger partial charge in [-0.25, -0.2) is 4.79 Å². The van der Waals surface area contributed by atoms with Gasteiger partial charge in [0.25, 0.3) is 5.91 Å². The Morgan fingerprint density at radius 1 is 0.620 bits per heavy atom. The molecule has 13 atom stereocenters. The van der Waals surface area contributed by atoms with Gasteiger partial charge in [0.2, 0.25) is 59.1 Å². The van der Waals surface area contributed by atoms with Gasteiger partial charge in [-0.15, -0.1) is 0 Å². The fourth-order valence-corrected chi connectivity index (χ4v) is 8.03. The molecule has 31 nitrogen and oxygen atoms in total. The van der Waals surface area contributed by atoms with E-state index in [0.29, 0.717) is 19.3 Å². The van der Waals surface area contributed by atoms with E-state index in [1.54, 1.807) is 27.7 Å². The Hall–Kier alpha value is -7.25. The van der Waals surface area contributed by atoms with Gasteiger partial charge in [0, 0.05) is 20.0 Å². The van der Waals surface area contributed by atoms with Crippen molar-refractivity contribution >= 4 is 76.9 Å². The van der Waals surface area contributed by atoms with Crippen LogP contribution in [-0.4, -0.2) is 202 Å². The summed E-state index contributed by atoms with van der Waals surface area (Å²) in [7, 11) is 0. The van der Waals surface area contributed by atoms with E-state index in [4.69, 9.17) is 17.2 Å². The number of rotatable bonds is 36. The number of amides is 11. The molecule has 0 saturated carbocycles. The van der Waals surface area contributed by atoms with Crippen LogP contribution in [0.25, 0.3) is 0 Å². The molecule has 23 N–H and O–H groups in total. The van der Waals surface area contributed by atoms with Gasteiger partial charge in [-0.1, -0.05) is 40.5 Å². The second kappa shape index (κ2) is 35.3. The smallest absolute Gasteiger partial charge is 0.338 e. The maximum absolute atomic E-state index is 14.6. The van der Waals surface area contributed by atoms with Crippen LogP contribution in [-0.2, 0) is 57.5 Å². The third-order valence-corrected chi connectivity index (χ3v) is 13.1. The summed E-state index contributed by atoms with van der Waals surface area (Å²) in [5.74, 6) is -12.4. The van der Waals surface area contributed by atoms with Crippen LogP contribution in [0.15, 0.2) is 0 Å². The van der Waals surface area contributed by atoms with Crippen molar-refractivity contribution in [2.24, 2.45) is 29.0 Å². The van der Waals surface area contributed by atoms with Gasteiger partial charge >= 0.3 is 11.9 Å². The summed E-state index contributed by atoms with van der Waals surface area (Å²) in [6.45, 7) is 8.78. The highest BCUT2D eigenvalue weighted by molar-refractivity contribution is 5.99. The number of aliphatic hydroxyl groups excluding tert-OH is 3. The molecule has 1 fully saturated rings. The van der Waals surface area contributed by atoms with Crippen molar-refractivity contribution in [2.75, 3.05) is 32.8 Å². The second-order valence-electron chi connectivity index (χ2n) is 19.7. The first-order chi connectivity index (χ1) is 37.0. The zero-order valence-electron chi connectivity index (χ0n) is 46.2. The number of aliphatic hydroxyl groups is 3. The summed E-state index contributed by atoms with van der Waals surface area (Å²) in [4.78, 5) is 162. The SMILES string of the molecule is CC[C@H](C)[C@H](NC(=O)[C@@H](NC(=O)[C@H](CO)NC(=O)[C@@H](NC(=O)[C@@H]1CCCN1C(=O)[C@H](CCCCNC(C)=O)NC(=O)[C@H](CCC[NH+]=C(N)N)NC(=O)[C@H](CO)NC(=O)[C@H](CC(N)=O)NC(=O)[C@H](C)[NH3+])[C@@H](C)O)[C@@H](C)CC)C(=O)O. The molecule has 0 spiro atoms. The molecule has 0 bridgehead atoms. The lowest BCUT2D eigenvalue weighted by molar-refractivity contribution is -0.459. The zero-order valence-corrected chi connectivity index (χ0v) is 46.2. The standard InChI is InChI=1S/C48H85N15O16/c1-8-23(3)35(44(75)61-36(47(78)79)24(4)9-2)60-42(73)32(22-65)59-45(76)37(26(6)66)62-43(74)33-16-13-19-63(33)46(77)29(14-10-11-17-53-27(7)67)56-39(70)28(15-12-18-54-48(51)52)55-41(72)31(21-64)58-40(71)30(20-34(50)68)57-38(69)25(5)49/h23-26,28-33,35-37,64-66H,8-22,49H2,1-7H3,(H2,50,68)(H,53,67)(H,55,72)(H,56,70)(H,57,69)(H,58,71)(H,59,76)(H,60,73)(H,61,75)(H,62,74)(H,78,79)(H4,51,52,54)/p+2/t23-,24-,25-,26+,28-,29-,30-,31-,32-,33-,35-,36-,37-/m0/s1. The summed E-state index contributed by atoms with van der Waals surface area (Å²) >= 11 is 0. The summed E-state index contributed by atoms with van der Waals surface area (Å²) in [6, 6.07) is -14.5. The molecule has 1 saturated heterocycles. The number of nitrogens with zero attached hydrogens (tertiary/aromatic N) is 1. The quantitative estimate of drug-likeness (QED) is 0.0157. The highest BCUT2D eigenvalue weighted by Gasteiger charge is 2.41. The minimum absolute atomic E-state index is 0.0332. The number of hydrogen-bond acceptors (Lipinski definition) is 15. The number of carboxylic acids is 1. The Kier molecular flexibility index (Phi) is 31.2. The Balaban J connectivity index is 3.50. The zero-order chi connectivity index (χ0) is 60.3. The van der Waals surface area contributed by atoms with Crippen molar-refractivity contribution in [3.8, 4) is 0 Å². The normalized spacial score (nSPS) is 17.6. The number of guanidine groups is 1. The number of nitrogens with two attached hydrogens (primary N) is 3. The fourth-order valence-electron chi connectivity index (χ4n) is 8.03. The Morgan fingerprint density at radius 3 is 1.62 bits per heavy atom. The molecule has 11 amide bonds. The monoisotopic (exact) mass is 1130 g/mol. The minimum Gasteiger partial charge on any atom is -0.480 e. The molecular weight excluding hydrogens is 1040 g/mol. The van der Waals surface area contributed by atoms with Crippen LogP contribution in [0, 0.1) is 11.8 Å². The van der Waals surface area contributed by atoms with Crippen molar-refractivity contribution in [3.63, 3.8) is 0 Å². The molecule has 1 heterocycles. The van der Waals surface area contributed by atoms with Crippen molar-refractivity contribution in [3.05, 3.63) is 0 Å². The maximum atomic E-state index is 14.6. The lowest BCUT2D eigenvalue weighted by Gasteiger charge is -2.31. The Morgan fingerprint density at radius 2 is 1.10 bits per heavy atom. The molecule has 1 aliphatic heterocycles. The molecule has 1 rings (SSSR count). The van der Waals surface area contributed by atoms with E-state index < -0.39 is 163 Å². The van der Waals surface area contributed by atoms with Crippen molar-refractivity contribution < 1.29 is 88.7 Å². The van der Waals surface area contributed by atoms with E-state index in [0.717, 1.165) is 11.8 Å². The summed E-state index contributed by atoms with van der Waals surface area (Å²) in [6.07, 6.45) is -0.875. The molecule has 79 heavy (non-hydrogen) atoms. The topological polar surface area (TPSA) is 517 Å². The van der Waals surface area contributed by atoms with Crippen LogP contribution < -0.4 is 75.8 Å². The van der Waals surface area contributed by atoms with Crippen LogP contribution in [0.3, 0.4) is 0 Å². The fraction of sp³-hybridized carbons (Fsp3) is 0.729. The van der Waals surface area contributed by atoms with Gasteiger partial charge < -0.3 is 84.6 Å². The lowest BCUT2D eigenvalue weighted by atomic mass is 9.95. The van der Waals surface area contributed by atoms with Crippen molar-refractivity contribution in [1.82, 2.24) is 52.8 Å². The van der Waals surface area contributed by atoms with E-state index in [-0.39, 0.29) is 70.0 Å². The number of quaternary nitrogens is 1. The number of likely N-dealkylation sites (tertiary alicyclic amines) is 1. The van der Waals surface area contributed by atoms with Crippen LogP contribution in [0.5, 0.6) is 0 Å². The molecule has 0 aliphatic carbocycles. The van der Waals surface area contributed by atoms with Gasteiger partial charge in [0.05, 0.1) is 32.3 Å². The lowest BCUT2D eigenvalue weighted by Crippen LogP contribution is -2.78. The predicted molar refractivity (Wildman–Crippen MR) is 280 cm³/mol. The summed E-state index contributed by atoms with van der Waals surface area (Å²) in [5.41, 5.74) is 19.9. The molecule has 0 radical (unpaired) electrons. The average Bonchev–Trinajstić information content (AvgIpc) is 3.88. The van der Waals surface area contributed by atoms with Crippen LogP contribution >= 0.6 is 0 Å². The molecule has 448 valence electrons. The first-order valence-corrected chi connectivity index (χ1v) is 26.4. The average molecular weight is 1130 g/mol. The Labute approximate surface area is 458 Å². The van der Waals surface area contributed by atoms with Crippen LogP contribution in [0.2, 0.25) is 0 Å². The third kappa shape index (κ3) is 24.1. The van der Waals surface area contributed by atoms with Crippen molar-refractivity contribution in [2.45, 2.75) is 179 Å². The van der Waals surface area contributed by atoms with Crippen molar-refractivity contribution in [1.29, 1.82) is 0 Å².